The van der Waals surface area contributed by atoms with Crippen molar-refractivity contribution >= 4 is 11.6 Å². The molecule has 4 nitrogen and oxygen atoms in total. The third kappa shape index (κ3) is 5.85. The van der Waals surface area contributed by atoms with Crippen molar-refractivity contribution in [3.8, 4) is 6.07 Å². The van der Waals surface area contributed by atoms with Crippen molar-refractivity contribution in [2.24, 2.45) is 0 Å². The van der Waals surface area contributed by atoms with Crippen molar-refractivity contribution in [3.05, 3.63) is 77.2 Å². The quantitative estimate of drug-likeness (QED) is 0.346. The van der Waals surface area contributed by atoms with Crippen LogP contribution in [0.2, 0.25) is 0 Å². The number of carbonyl (C=O) groups excluding carboxylic acids is 1. The molecule has 0 aliphatic heterocycles. The zero-order chi connectivity index (χ0) is 19.9. The Morgan fingerprint density at radius 2 is 1.89 bits per heavy atom. The van der Waals surface area contributed by atoms with Gasteiger partial charge < -0.3 is 10.6 Å². The van der Waals surface area contributed by atoms with E-state index in [4.69, 9.17) is 5.26 Å². The average Bonchev–Trinajstić information content (AvgIpc) is 2.61. The van der Waals surface area contributed by atoms with E-state index in [-0.39, 0.29) is 11.4 Å². The van der Waals surface area contributed by atoms with Crippen molar-refractivity contribution in [1.29, 1.82) is 5.26 Å². The number of alkyl halides is 3. The Morgan fingerprint density at radius 1 is 1.15 bits per heavy atom. The van der Waals surface area contributed by atoms with Gasteiger partial charge in [0.05, 0.1) is 11.3 Å². The van der Waals surface area contributed by atoms with Crippen molar-refractivity contribution in [3.63, 3.8) is 0 Å². The Bertz CT molecular complexity index is 885. The first-order valence-corrected chi connectivity index (χ1v) is 7.87. The zero-order valence-corrected chi connectivity index (χ0v) is 14.0. The first kappa shape index (κ1) is 20.0. The van der Waals surface area contributed by atoms with Gasteiger partial charge in [0.2, 0.25) is 0 Å². The second kappa shape index (κ2) is 8.85. The van der Waals surface area contributed by atoms with E-state index >= 15 is 0 Å². The summed E-state index contributed by atoms with van der Waals surface area (Å²) < 4.78 is 51.9. The number of halogens is 4. The molecule has 2 aromatic rings. The fraction of sp³-hybridized carbons (Fsp3) is 0.158. The summed E-state index contributed by atoms with van der Waals surface area (Å²) in [5.41, 5.74) is -1.10. The molecule has 0 atom stereocenters. The largest absolute Gasteiger partial charge is 0.418 e. The number of nitrogens with zero attached hydrogens (tertiary/aromatic N) is 1. The molecular formula is C19H15F4N3O. The second-order valence-electron chi connectivity index (χ2n) is 5.50. The van der Waals surface area contributed by atoms with Crippen LogP contribution in [0.5, 0.6) is 0 Å². The number of rotatable bonds is 6. The van der Waals surface area contributed by atoms with Crippen molar-refractivity contribution < 1.29 is 22.4 Å². The van der Waals surface area contributed by atoms with Gasteiger partial charge in [-0.05, 0) is 36.2 Å². The first-order valence-electron chi connectivity index (χ1n) is 7.87. The van der Waals surface area contributed by atoms with Gasteiger partial charge in [-0.2, -0.15) is 18.4 Å². The Morgan fingerprint density at radius 3 is 2.56 bits per heavy atom. The molecule has 0 fully saturated rings. The van der Waals surface area contributed by atoms with Gasteiger partial charge in [-0.1, -0.05) is 24.3 Å². The molecule has 0 aliphatic rings. The maximum absolute atomic E-state index is 13.1. The third-order valence-corrected chi connectivity index (χ3v) is 3.54. The number of carbonyl (C=O) groups is 1. The number of amides is 1. The van der Waals surface area contributed by atoms with Gasteiger partial charge in [0, 0.05) is 12.7 Å². The number of para-hydroxylation sites is 1. The summed E-state index contributed by atoms with van der Waals surface area (Å²) in [4.78, 5) is 12.1. The van der Waals surface area contributed by atoms with Crippen molar-refractivity contribution in [2.75, 3.05) is 11.9 Å². The smallest absolute Gasteiger partial charge is 0.389 e. The molecule has 8 heteroatoms. The predicted molar refractivity (Wildman–Crippen MR) is 91.9 cm³/mol. The molecule has 0 aromatic heterocycles. The van der Waals surface area contributed by atoms with E-state index in [0.29, 0.717) is 13.0 Å². The molecule has 0 heterocycles. The normalized spacial score (nSPS) is 11.6. The molecule has 1 amide bonds. The number of hydrogen-bond acceptors (Lipinski definition) is 3. The lowest BCUT2D eigenvalue weighted by Crippen LogP contribution is -2.20. The molecule has 0 unspecified atom stereocenters. The Kier molecular flexibility index (Phi) is 6.55. The van der Waals surface area contributed by atoms with Crippen LogP contribution in [0.1, 0.15) is 11.1 Å². The minimum atomic E-state index is -4.64. The molecule has 2 N–H and O–H groups in total. The molecule has 0 bridgehead atoms. The minimum Gasteiger partial charge on any atom is -0.389 e. The predicted octanol–water partition coefficient (Wildman–Crippen LogP) is 4.02. The highest BCUT2D eigenvalue weighted by atomic mass is 19.4. The van der Waals surface area contributed by atoms with Crippen LogP contribution in [-0.2, 0) is 17.4 Å². The fourth-order valence-corrected chi connectivity index (χ4v) is 2.26. The van der Waals surface area contributed by atoms with Gasteiger partial charge in [-0.25, -0.2) is 4.39 Å². The summed E-state index contributed by atoms with van der Waals surface area (Å²) >= 11 is 0. The molecule has 0 saturated heterocycles. The highest BCUT2D eigenvalue weighted by Gasteiger charge is 2.33. The molecule has 0 spiro atoms. The topological polar surface area (TPSA) is 64.9 Å². The zero-order valence-electron chi connectivity index (χ0n) is 14.0. The Hall–Kier alpha value is -3.34. The Balaban J connectivity index is 2.00. The van der Waals surface area contributed by atoms with Crippen LogP contribution in [-0.4, -0.2) is 12.5 Å². The van der Waals surface area contributed by atoms with Gasteiger partial charge in [0.15, 0.2) is 0 Å². The van der Waals surface area contributed by atoms with Gasteiger partial charge in [0.1, 0.15) is 17.5 Å². The van der Waals surface area contributed by atoms with Gasteiger partial charge in [-0.15, -0.1) is 0 Å². The summed E-state index contributed by atoms with van der Waals surface area (Å²) in [6.45, 7) is 0.307. The van der Waals surface area contributed by atoms with Crippen LogP contribution in [0.4, 0.5) is 23.2 Å². The fourth-order valence-electron chi connectivity index (χ4n) is 2.26. The van der Waals surface area contributed by atoms with Crippen molar-refractivity contribution in [2.45, 2.75) is 12.6 Å². The SMILES string of the molecule is N#C/C(=C/NCCc1cccc(F)c1)C(=O)Nc1ccccc1C(F)(F)F. The van der Waals surface area contributed by atoms with Crippen LogP contribution < -0.4 is 10.6 Å². The van der Waals surface area contributed by atoms with Crippen LogP contribution in [0.15, 0.2) is 60.3 Å². The standard InChI is InChI=1S/C19H15F4N3O/c20-15-5-3-4-13(10-15)8-9-25-12-14(11-24)18(27)26-17-7-2-1-6-16(17)19(21,22)23/h1-7,10,12,25H,8-9H2,(H,26,27)/b14-12-. The molecule has 2 aromatic carbocycles. The van der Waals surface area contributed by atoms with E-state index in [1.165, 1.54) is 24.3 Å². The number of hydrogen-bond donors (Lipinski definition) is 2. The lowest BCUT2D eigenvalue weighted by molar-refractivity contribution is -0.137. The average molecular weight is 377 g/mol. The number of benzene rings is 2. The van der Waals surface area contributed by atoms with E-state index in [1.54, 1.807) is 18.2 Å². The second-order valence-corrected chi connectivity index (χ2v) is 5.50. The summed E-state index contributed by atoms with van der Waals surface area (Å²) in [6.07, 6.45) is -3.08. The van der Waals surface area contributed by atoms with Crippen LogP contribution >= 0.6 is 0 Å². The van der Waals surface area contributed by atoms with E-state index in [9.17, 15) is 22.4 Å². The van der Waals surface area contributed by atoms with Gasteiger partial charge in [0.25, 0.3) is 5.91 Å². The summed E-state index contributed by atoms with van der Waals surface area (Å²) in [6, 6.07) is 12.1. The van der Waals surface area contributed by atoms with Gasteiger partial charge >= 0.3 is 6.18 Å². The lowest BCUT2D eigenvalue weighted by Gasteiger charge is -2.13. The summed E-state index contributed by atoms with van der Waals surface area (Å²) in [5.74, 6) is -1.34. The highest BCUT2D eigenvalue weighted by molar-refractivity contribution is 6.06. The number of nitrogens with one attached hydrogen (secondary N) is 2. The molecular weight excluding hydrogens is 362 g/mol. The number of nitriles is 1. The molecule has 0 radical (unpaired) electrons. The molecule has 0 saturated carbocycles. The molecule has 140 valence electrons. The minimum absolute atomic E-state index is 0.307. The van der Waals surface area contributed by atoms with E-state index in [1.807, 2.05) is 0 Å². The maximum atomic E-state index is 13.1. The molecule has 2 rings (SSSR count). The monoisotopic (exact) mass is 377 g/mol. The first-order chi connectivity index (χ1) is 12.8. The van der Waals surface area contributed by atoms with Crippen LogP contribution in [0.3, 0.4) is 0 Å². The van der Waals surface area contributed by atoms with E-state index in [0.717, 1.165) is 23.9 Å². The van der Waals surface area contributed by atoms with Crippen LogP contribution in [0.25, 0.3) is 0 Å². The molecule has 0 aliphatic carbocycles. The van der Waals surface area contributed by atoms with Gasteiger partial charge in [-0.3, -0.25) is 4.79 Å². The van der Waals surface area contributed by atoms with Crippen molar-refractivity contribution in [1.82, 2.24) is 5.32 Å². The Labute approximate surface area is 153 Å². The summed E-state index contributed by atoms with van der Waals surface area (Å²) in [5, 5.41) is 13.9. The third-order valence-electron chi connectivity index (χ3n) is 3.54. The number of anilines is 1. The van der Waals surface area contributed by atoms with E-state index < -0.39 is 23.3 Å². The highest BCUT2D eigenvalue weighted by Crippen LogP contribution is 2.34. The van der Waals surface area contributed by atoms with E-state index in [2.05, 4.69) is 10.6 Å². The van der Waals surface area contributed by atoms with Crippen LogP contribution in [0, 0.1) is 17.1 Å². The summed E-state index contributed by atoms with van der Waals surface area (Å²) in [7, 11) is 0. The molecule has 27 heavy (non-hydrogen) atoms. The lowest BCUT2D eigenvalue weighted by atomic mass is 10.1. The maximum Gasteiger partial charge on any atom is 0.418 e.